The number of fused-ring (bicyclic) bond motifs is 1. The predicted molar refractivity (Wildman–Crippen MR) is 116 cm³/mol. The van der Waals surface area contributed by atoms with Gasteiger partial charge in [-0.2, -0.15) is 4.57 Å². The molecule has 1 aromatic heterocycles. The molecule has 2 fully saturated rings. The molecule has 0 amide bonds. The van der Waals surface area contributed by atoms with E-state index in [0.29, 0.717) is 0 Å². The van der Waals surface area contributed by atoms with Gasteiger partial charge in [0, 0.05) is 50.9 Å². The molecule has 4 heteroatoms. The Morgan fingerprint density at radius 2 is 2.04 bits per heavy atom. The normalized spacial score (nSPS) is 18.9. The summed E-state index contributed by atoms with van der Waals surface area (Å²) in [5.74, 6) is 0.988. The van der Waals surface area contributed by atoms with E-state index in [1.165, 1.54) is 59.3 Å². The number of hydrogen-bond acceptors (Lipinski definition) is 3. The van der Waals surface area contributed by atoms with Crippen molar-refractivity contribution in [1.29, 1.82) is 0 Å². The average molecular weight is 385 g/mol. The van der Waals surface area contributed by atoms with Gasteiger partial charge in [0.2, 0.25) is 5.52 Å². The van der Waals surface area contributed by atoms with Gasteiger partial charge in [-0.15, -0.1) is 0 Å². The van der Waals surface area contributed by atoms with Crippen molar-refractivity contribution in [3.05, 3.63) is 35.0 Å². The number of hydrogen-bond donors (Lipinski definition) is 1. The van der Waals surface area contributed by atoms with Crippen LogP contribution < -0.4 is 9.88 Å². The molecule has 1 aliphatic heterocycles. The molecule has 1 aromatic carbocycles. The maximum atomic E-state index is 3.43. The maximum absolute atomic E-state index is 3.43. The highest BCUT2D eigenvalue weighted by atomic mass is 32.1. The Labute approximate surface area is 168 Å². The first-order valence-corrected chi connectivity index (χ1v) is 11.7. The van der Waals surface area contributed by atoms with E-state index in [9.17, 15) is 0 Å². The van der Waals surface area contributed by atoms with E-state index in [0.717, 1.165) is 45.1 Å². The fraction of sp³-hybridized carbons (Fsp3) is 0.609. The van der Waals surface area contributed by atoms with Crippen molar-refractivity contribution in [2.75, 3.05) is 26.2 Å². The van der Waals surface area contributed by atoms with Gasteiger partial charge in [0.15, 0.2) is 6.54 Å². The lowest BCUT2D eigenvalue weighted by atomic mass is 10.0. The summed E-state index contributed by atoms with van der Waals surface area (Å²) in [6.07, 6.45) is 14.3. The fourth-order valence-electron chi connectivity index (χ4n) is 4.56. The lowest BCUT2D eigenvalue weighted by Gasteiger charge is -2.25. The monoisotopic (exact) mass is 384 g/mol. The summed E-state index contributed by atoms with van der Waals surface area (Å²) in [5.41, 5.74) is 2.86. The molecule has 3 nitrogen and oxygen atoms in total. The van der Waals surface area contributed by atoms with Gasteiger partial charge in [-0.05, 0) is 30.4 Å². The summed E-state index contributed by atoms with van der Waals surface area (Å²) in [6, 6.07) is 7.06. The van der Waals surface area contributed by atoms with Crippen LogP contribution in [0.15, 0.2) is 24.4 Å². The van der Waals surface area contributed by atoms with Gasteiger partial charge >= 0.3 is 0 Å². The van der Waals surface area contributed by atoms with Crippen molar-refractivity contribution >= 4 is 27.6 Å². The first-order chi connectivity index (χ1) is 13.3. The second-order valence-corrected chi connectivity index (χ2v) is 9.20. The van der Waals surface area contributed by atoms with Gasteiger partial charge in [0.05, 0.1) is 0 Å². The first-order valence-electron chi connectivity index (χ1n) is 10.9. The zero-order chi connectivity index (χ0) is 18.5. The third kappa shape index (κ3) is 4.72. The third-order valence-corrected chi connectivity index (χ3v) is 7.36. The highest BCUT2D eigenvalue weighted by Gasteiger charge is 2.21. The molecule has 0 atom stereocenters. The highest BCUT2D eigenvalue weighted by Crippen LogP contribution is 2.29. The number of nitrogens with zero attached hydrogens (tertiary/aromatic N) is 2. The summed E-state index contributed by atoms with van der Waals surface area (Å²) in [6.45, 7) is 7.82. The molecule has 27 heavy (non-hydrogen) atoms. The van der Waals surface area contributed by atoms with Crippen molar-refractivity contribution in [1.82, 2.24) is 10.2 Å². The standard InChI is InChI=1S/C23H34N3S/c1-2-19-9-10-21-22(18-19)27-23(11-15-25-16-12-24-13-17-25)26(21)14-5-8-20-6-3-4-7-20/h9-11,15,18,20,24H,2-8,12-14,16-17H2,1H3/q+1. The largest absolute Gasteiger partial charge is 0.375 e. The Balaban J connectivity index is 1.54. The molecular weight excluding hydrogens is 350 g/mol. The molecule has 0 spiro atoms. The van der Waals surface area contributed by atoms with E-state index in [4.69, 9.17) is 0 Å². The van der Waals surface area contributed by atoms with Crippen molar-refractivity contribution in [2.24, 2.45) is 5.92 Å². The van der Waals surface area contributed by atoms with Crippen molar-refractivity contribution < 1.29 is 4.57 Å². The van der Waals surface area contributed by atoms with Gasteiger partial charge in [-0.1, -0.05) is 50.0 Å². The number of piperazine rings is 1. The minimum absolute atomic E-state index is 0.988. The molecule has 1 saturated carbocycles. The van der Waals surface area contributed by atoms with Crippen LogP contribution in [0.4, 0.5) is 0 Å². The number of aryl methyl sites for hydroxylation is 2. The van der Waals surface area contributed by atoms with Crippen molar-refractivity contribution in [2.45, 2.75) is 58.4 Å². The molecule has 1 aliphatic carbocycles. The Morgan fingerprint density at radius 3 is 2.81 bits per heavy atom. The Hall–Kier alpha value is -1.39. The topological polar surface area (TPSA) is 19.1 Å². The van der Waals surface area contributed by atoms with Gasteiger partial charge in [-0.25, -0.2) is 0 Å². The van der Waals surface area contributed by atoms with Crippen LogP contribution in [0.1, 0.15) is 56.0 Å². The third-order valence-electron chi connectivity index (χ3n) is 6.25. The fourth-order valence-corrected chi connectivity index (χ4v) is 5.71. The van der Waals surface area contributed by atoms with Crippen LogP contribution in [0.25, 0.3) is 16.3 Å². The summed E-state index contributed by atoms with van der Waals surface area (Å²) < 4.78 is 4.02. The summed E-state index contributed by atoms with van der Waals surface area (Å²) in [4.78, 5) is 2.45. The van der Waals surface area contributed by atoms with Crippen LogP contribution in [0.5, 0.6) is 0 Å². The average Bonchev–Trinajstić information content (AvgIpc) is 3.35. The zero-order valence-corrected chi connectivity index (χ0v) is 17.6. The van der Waals surface area contributed by atoms with E-state index in [1.54, 1.807) is 0 Å². The lowest BCUT2D eigenvalue weighted by molar-refractivity contribution is -0.669. The van der Waals surface area contributed by atoms with Gasteiger partial charge < -0.3 is 10.2 Å². The van der Waals surface area contributed by atoms with E-state index >= 15 is 0 Å². The molecule has 2 aliphatic rings. The second kappa shape index (κ2) is 9.20. The minimum Gasteiger partial charge on any atom is -0.375 e. The van der Waals surface area contributed by atoms with Crippen LogP contribution in [-0.2, 0) is 13.0 Å². The number of rotatable bonds is 7. The molecule has 146 valence electrons. The number of aromatic nitrogens is 1. The number of nitrogens with one attached hydrogen (secondary N) is 1. The van der Waals surface area contributed by atoms with E-state index < -0.39 is 0 Å². The van der Waals surface area contributed by atoms with Crippen molar-refractivity contribution in [3.63, 3.8) is 0 Å². The first kappa shape index (κ1) is 18.9. The van der Waals surface area contributed by atoms with Gasteiger partial charge in [0.1, 0.15) is 4.70 Å². The van der Waals surface area contributed by atoms with E-state index in [-0.39, 0.29) is 0 Å². The van der Waals surface area contributed by atoms with Crippen LogP contribution in [-0.4, -0.2) is 31.1 Å². The van der Waals surface area contributed by atoms with E-state index in [2.05, 4.69) is 52.2 Å². The Bertz CT molecular complexity index is 767. The summed E-state index contributed by atoms with van der Waals surface area (Å²) >= 11 is 1.96. The van der Waals surface area contributed by atoms with Gasteiger partial charge in [0.25, 0.3) is 5.01 Å². The molecule has 0 unspecified atom stereocenters. The zero-order valence-electron chi connectivity index (χ0n) is 16.8. The van der Waals surface area contributed by atoms with Crippen LogP contribution in [0.2, 0.25) is 0 Å². The molecule has 0 bridgehead atoms. The molecule has 0 radical (unpaired) electrons. The Morgan fingerprint density at radius 1 is 1.22 bits per heavy atom. The molecule has 1 N–H and O–H groups in total. The van der Waals surface area contributed by atoms with Crippen LogP contribution in [0.3, 0.4) is 0 Å². The maximum Gasteiger partial charge on any atom is 0.264 e. The smallest absolute Gasteiger partial charge is 0.264 e. The van der Waals surface area contributed by atoms with Crippen molar-refractivity contribution in [3.8, 4) is 0 Å². The molecular formula is C23H34N3S+. The second-order valence-electron chi connectivity index (χ2n) is 8.14. The minimum atomic E-state index is 0.988. The summed E-state index contributed by atoms with van der Waals surface area (Å²) in [5, 5.41) is 4.84. The molecule has 4 rings (SSSR count). The molecule has 2 aromatic rings. The summed E-state index contributed by atoms with van der Waals surface area (Å²) in [7, 11) is 0. The Kier molecular flexibility index (Phi) is 6.46. The highest BCUT2D eigenvalue weighted by molar-refractivity contribution is 7.18. The van der Waals surface area contributed by atoms with Gasteiger partial charge in [-0.3, -0.25) is 0 Å². The quantitative estimate of drug-likeness (QED) is 0.704. The number of benzene rings is 1. The lowest BCUT2D eigenvalue weighted by Crippen LogP contribution is -2.40. The molecule has 2 heterocycles. The van der Waals surface area contributed by atoms with Crippen LogP contribution in [0, 0.1) is 5.92 Å². The number of thiazole rings is 1. The predicted octanol–water partition coefficient (Wildman–Crippen LogP) is 4.60. The SMILES string of the molecule is CCc1ccc2c(c1)sc(/C=C/N1CCNCC1)[n+]2CCCC1CCCC1. The van der Waals surface area contributed by atoms with Crippen LogP contribution >= 0.6 is 11.3 Å². The van der Waals surface area contributed by atoms with E-state index in [1.807, 2.05) is 11.3 Å². The molecule has 1 saturated heterocycles.